The molecule has 0 spiro atoms. The number of hydrogen-bond donors (Lipinski definition) is 4. The molecule has 26 heavy (non-hydrogen) atoms. The number of phenolic OH excluding ortho intramolecular Hbond substituents is 2. The number of benzene rings is 3. The van der Waals surface area contributed by atoms with Crippen LogP contribution >= 0.6 is 0 Å². The van der Waals surface area contributed by atoms with Crippen molar-refractivity contribution in [1.82, 2.24) is 0 Å². The molecule has 0 heterocycles. The van der Waals surface area contributed by atoms with Crippen molar-refractivity contribution in [3.63, 3.8) is 0 Å². The van der Waals surface area contributed by atoms with Gasteiger partial charge in [-0.2, -0.15) is 0 Å². The van der Waals surface area contributed by atoms with Crippen LogP contribution in [0, 0.1) is 0 Å². The lowest BCUT2D eigenvalue weighted by atomic mass is 9.98. The van der Waals surface area contributed by atoms with Crippen LogP contribution < -0.4 is 0 Å². The van der Waals surface area contributed by atoms with Crippen molar-refractivity contribution in [1.29, 1.82) is 0 Å². The first-order chi connectivity index (χ1) is 12.4. The van der Waals surface area contributed by atoms with Gasteiger partial charge in [0.15, 0.2) is 0 Å². The predicted octanol–water partition coefficient (Wildman–Crippen LogP) is 3.83. The van der Waals surface area contributed by atoms with E-state index in [1.54, 1.807) is 24.3 Å². The summed E-state index contributed by atoms with van der Waals surface area (Å²) >= 11 is 0. The molecule has 0 atom stereocenters. The van der Waals surface area contributed by atoms with E-state index in [9.17, 15) is 19.8 Å². The van der Waals surface area contributed by atoms with Crippen molar-refractivity contribution in [3.05, 3.63) is 71.8 Å². The molecule has 0 aliphatic rings. The molecule has 0 radical (unpaired) electrons. The largest absolute Gasteiger partial charge is 0.507 e. The summed E-state index contributed by atoms with van der Waals surface area (Å²) < 4.78 is 0. The van der Waals surface area contributed by atoms with Gasteiger partial charge in [-0.3, -0.25) is 0 Å². The summed E-state index contributed by atoms with van der Waals surface area (Å²) in [5, 5.41) is 38.0. The topological polar surface area (TPSA) is 115 Å². The maximum Gasteiger partial charge on any atom is 0.335 e. The maximum absolute atomic E-state index is 10.9. The first kappa shape index (κ1) is 17.0. The number of carboxylic acids is 2. The highest BCUT2D eigenvalue weighted by Gasteiger charge is 2.12. The third-order valence-corrected chi connectivity index (χ3v) is 4.00. The molecule has 0 saturated carbocycles. The van der Waals surface area contributed by atoms with Crippen LogP contribution in [0.4, 0.5) is 0 Å². The standard InChI is InChI=1S/C20H14O6/c21-17-9-13(19(23)24)5-7-15(17)11-1-2-12(4-3-11)16-8-6-14(20(25)26)10-18(16)22/h1-10,21-22H,(H,23,24)(H,25,26). The highest BCUT2D eigenvalue weighted by Crippen LogP contribution is 2.34. The molecule has 0 aliphatic carbocycles. The Morgan fingerprint density at radius 3 is 1.19 bits per heavy atom. The lowest BCUT2D eigenvalue weighted by molar-refractivity contribution is 0.0686. The van der Waals surface area contributed by atoms with Crippen molar-refractivity contribution in [2.75, 3.05) is 0 Å². The average molecular weight is 350 g/mol. The van der Waals surface area contributed by atoms with Gasteiger partial charge in [-0.05, 0) is 47.5 Å². The Balaban J connectivity index is 1.94. The van der Waals surface area contributed by atoms with Gasteiger partial charge in [-0.25, -0.2) is 9.59 Å². The zero-order valence-corrected chi connectivity index (χ0v) is 13.4. The van der Waals surface area contributed by atoms with Crippen molar-refractivity contribution < 1.29 is 30.0 Å². The Morgan fingerprint density at radius 2 is 0.923 bits per heavy atom. The van der Waals surface area contributed by atoms with Crippen molar-refractivity contribution in [3.8, 4) is 33.8 Å². The number of rotatable bonds is 4. The minimum atomic E-state index is -1.12. The molecule has 6 nitrogen and oxygen atoms in total. The number of aromatic hydroxyl groups is 2. The predicted molar refractivity (Wildman–Crippen MR) is 94.6 cm³/mol. The first-order valence-electron chi connectivity index (χ1n) is 7.60. The first-order valence-corrected chi connectivity index (χ1v) is 7.60. The smallest absolute Gasteiger partial charge is 0.335 e. The number of carboxylic acid groups (broad SMARTS) is 2. The van der Waals surface area contributed by atoms with Crippen molar-refractivity contribution in [2.45, 2.75) is 0 Å². The molecule has 0 amide bonds. The van der Waals surface area contributed by atoms with Crippen LogP contribution in [0.5, 0.6) is 11.5 Å². The Bertz CT molecular complexity index is 923. The summed E-state index contributed by atoms with van der Waals surface area (Å²) in [4.78, 5) is 21.9. The summed E-state index contributed by atoms with van der Waals surface area (Å²) in [6.45, 7) is 0. The van der Waals surface area contributed by atoms with E-state index >= 15 is 0 Å². The molecule has 0 fully saturated rings. The fourth-order valence-corrected chi connectivity index (χ4v) is 2.65. The number of phenols is 2. The van der Waals surface area contributed by atoms with Crippen LogP contribution in [-0.4, -0.2) is 32.4 Å². The van der Waals surface area contributed by atoms with Crippen molar-refractivity contribution in [2.24, 2.45) is 0 Å². The molecule has 0 saturated heterocycles. The Morgan fingerprint density at radius 1 is 0.577 bits per heavy atom. The average Bonchev–Trinajstić information content (AvgIpc) is 2.61. The van der Waals surface area contributed by atoms with Gasteiger partial charge < -0.3 is 20.4 Å². The second-order valence-electron chi connectivity index (χ2n) is 5.65. The SMILES string of the molecule is O=C(O)c1ccc(-c2ccc(-c3ccc(C(=O)O)cc3O)cc2)c(O)c1. The van der Waals surface area contributed by atoms with Gasteiger partial charge in [-0.15, -0.1) is 0 Å². The summed E-state index contributed by atoms with van der Waals surface area (Å²) in [5.74, 6) is -2.54. The third-order valence-electron chi connectivity index (χ3n) is 4.00. The monoisotopic (exact) mass is 350 g/mol. The summed E-state index contributed by atoms with van der Waals surface area (Å²) in [6, 6.07) is 15.1. The molecule has 0 unspecified atom stereocenters. The quantitative estimate of drug-likeness (QED) is 0.568. The van der Waals surface area contributed by atoms with E-state index < -0.39 is 11.9 Å². The van der Waals surface area contributed by atoms with Crippen LogP contribution in [-0.2, 0) is 0 Å². The zero-order valence-electron chi connectivity index (χ0n) is 13.4. The summed E-state index contributed by atoms with van der Waals surface area (Å²) in [7, 11) is 0. The van der Waals surface area contributed by atoms with Crippen molar-refractivity contribution >= 4 is 11.9 Å². The van der Waals surface area contributed by atoms with E-state index in [4.69, 9.17) is 10.2 Å². The molecule has 6 heteroatoms. The minimum absolute atomic E-state index is 0.00804. The lowest BCUT2D eigenvalue weighted by Gasteiger charge is -2.09. The Kier molecular flexibility index (Phi) is 4.33. The van der Waals surface area contributed by atoms with E-state index in [-0.39, 0.29) is 22.6 Å². The maximum atomic E-state index is 10.9. The molecule has 3 rings (SSSR count). The van der Waals surface area contributed by atoms with Crippen LogP contribution in [0.2, 0.25) is 0 Å². The van der Waals surface area contributed by atoms with Crippen LogP contribution in [0.15, 0.2) is 60.7 Å². The van der Waals surface area contributed by atoms with Gasteiger partial charge in [0.2, 0.25) is 0 Å². The van der Waals surface area contributed by atoms with Gasteiger partial charge in [0.1, 0.15) is 11.5 Å². The number of aromatic carboxylic acids is 2. The van der Waals surface area contributed by atoms with E-state index in [0.29, 0.717) is 22.3 Å². The summed E-state index contributed by atoms with van der Waals surface area (Å²) in [5.41, 5.74) is 2.28. The lowest BCUT2D eigenvalue weighted by Crippen LogP contribution is -1.96. The molecule has 0 aliphatic heterocycles. The fourth-order valence-electron chi connectivity index (χ4n) is 2.65. The van der Waals surface area contributed by atoms with E-state index in [0.717, 1.165) is 0 Å². The van der Waals surface area contributed by atoms with Gasteiger partial charge in [0.05, 0.1) is 11.1 Å². The van der Waals surface area contributed by atoms with Crippen LogP contribution in [0.25, 0.3) is 22.3 Å². The van der Waals surface area contributed by atoms with Crippen LogP contribution in [0.1, 0.15) is 20.7 Å². The molecule has 0 aromatic heterocycles. The van der Waals surface area contributed by atoms with Gasteiger partial charge in [0, 0.05) is 11.1 Å². The van der Waals surface area contributed by atoms with Gasteiger partial charge in [-0.1, -0.05) is 24.3 Å². The zero-order chi connectivity index (χ0) is 18.8. The van der Waals surface area contributed by atoms with E-state index in [1.165, 1.54) is 36.4 Å². The van der Waals surface area contributed by atoms with Gasteiger partial charge in [0.25, 0.3) is 0 Å². The normalized spacial score (nSPS) is 10.5. The minimum Gasteiger partial charge on any atom is -0.507 e. The molecular formula is C20H14O6. The number of carbonyl (C=O) groups is 2. The fraction of sp³-hybridized carbons (Fsp3) is 0. The Hall–Kier alpha value is -3.80. The van der Waals surface area contributed by atoms with E-state index in [2.05, 4.69) is 0 Å². The molecule has 3 aromatic rings. The highest BCUT2D eigenvalue weighted by atomic mass is 16.4. The molecule has 4 N–H and O–H groups in total. The summed E-state index contributed by atoms with van der Waals surface area (Å²) in [6.07, 6.45) is 0. The molecule has 3 aromatic carbocycles. The second kappa shape index (κ2) is 6.60. The Labute approximate surface area is 148 Å². The number of hydrogen-bond acceptors (Lipinski definition) is 4. The van der Waals surface area contributed by atoms with Gasteiger partial charge >= 0.3 is 11.9 Å². The third kappa shape index (κ3) is 3.21. The highest BCUT2D eigenvalue weighted by molar-refractivity contribution is 5.90. The molecule has 0 bridgehead atoms. The van der Waals surface area contributed by atoms with E-state index in [1.807, 2.05) is 0 Å². The second-order valence-corrected chi connectivity index (χ2v) is 5.65. The molecule has 130 valence electrons. The van der Waals surface area contributed by atoms with Crippen LogP contribution in [0.3, 0.4) is 0 Å². The molecular weight excluding hydrogens is 336 g/mol.